The average molecular weight is 250 g/mol. The molecule has 0 aromatic rings. The summed E-state index contributed by atoms with van der Waals surface area (Å²) >= 11 is 0. The Morgan fingerprint density at radius 1 is 1.00 bits per heavy atom. The highest BCUT2D eigenvalue weighted by Crippen LogP contribution is 1.70. The molecule has 5 N–H and O–H groups in total. The van der Waals surface area contributed by atoms with Crippen molar-refractivity contribution in [3.05, 3.63) is 39.5 Å². The van der Waals surface area contributed by atoms with E-state index < -0.39 is 0 Å². The van der Waals surface area contributed by atoms with Gasteiger partial charge in [-0.15, -0.1) is 51.9 Å². The van der Waals surface area contributed by atoms with Crippen LogP contribution in [0.3, 0.4) is 0 Å². The molecule has 0 radical (unpaired) electrons. The summed E-state index contributed by atoms with van der Waals surface area (Å²) in [6.45, 7) is 18.0. The molecule has 0 saturated carbocycles. The van der Waals surface area contributed by atoms with Crippen LogP contribution in [0.25, 0.3) is 0 Å². The molecule has 0 rings (SSSR count). The van der Waals surface area contributed by atoms with E-state index in [0.717, 1.165) is 0 Å². The van der Waals surface area contributed by atoms with Gasteiger partial charge in [0.2, 0.25) is 0 Å². The second-order valence-corrected chi connectivity index (χ2v) is 1.78. The molecular weight excluding hydrogens is 226 g/mol. The molecule has 16 heavy (non-hydrogen) atoms. The van der Waals surface area contributed by atoms with E-state index in [9.17, 15) is 0 Å². The van der Waals surface area contributed by atoms with Crippen molar-refractivity contribution in [1.82, 2.24) is 10.2 Å². The first-order chi connectivity index (χ1) is 7.04. The lowest BCUT2D eigenvalue weighted by atomic mass is 10.8. The van der Waals surface area contributed by atoms with Crippen molar-refractivity contribution in [3.63, 3.8) is 0 Å². The van der Waals surface area contributed by atoms with Crippen LogP contribution in [0.15, 0.2) is 39.5 Å². The maximum atomic E-state index is 7.07. The lowest BCUT2D eigenvalue weighted by molar-refractivity contribution is 0.599. The zero-order valence-corrected chi connectivity index (χ0v) is 11.0. The molecule has 0 aliphatic rings. The minimum absolute atomic E-state index is 0. The summed E-state index contributed by atoms with van der Waals surface area (Å²) in [5.74, 6) is -0.101. The normalized spacial score (nSPS) is 5.38. The van der Waals surface area contributed by atoms with Crippen LogP contribution in [0.4, 0.5) is 0 Å². The molecule has 5 nitrogen and oxygen atoms in total. The van der Waals surface area contributed by atoms with Crippen LogP contribution >= 0.6 is 12.4 Å². The third-order valence-corrected chi connectivity index (χ3v) is 0.700. The fourth-order valence-corrected chi connectivity index (χ4v) is 0.239. The van der Waals surface area contributed by atoms with Crippen molar-refractivity contribution in [2.75, 3.05) is 14.1 Å². The van der Waals surface area contributed by atoms with Gasteiger partial charge in [0.15, 0.2) is 11.9 Å². The van der Waals surface area contributed by atoms with E-state index in [4.69, 9.17) is 16.6 Å². The van der Waals surface area contributed by atoms with Crippen LogP contribution in [0.2, 0.25) is 0 Å². The highest BCUT2D eigenvalue weighted by atomic mass is 35.5. The number of hydrogen-bond acceptors (Lipinski definition) is 2. The molecule has 0 amide bonds. The van der Waals surface area contributed by atoms with E-state index in [0.29, 0.717) is 0 Å². The largest absolute Gasteiger partial charge is 0.370 e. The molecule has 0 aliphatic carbocycles. The standard InChI is InChI=1S/C4H11N5.3C2H4.ClH/c1-9(2)4(7)8-3(5)6;3*1-2;/h1-2H3,(H5,5,6,7,8);3*1-2H2;1H. The first-order valence-corrected chi connectivity index (χ1v) is 3.91. The molecule has 0 heterocycles. The molecule has 0 aliphatic heterocycles. The zero-order valence-electron chi connectivity index (χ0n) is 10.2. The molecule has 0 fully saturated rings. The quantitative estimate of drug-likeness (QED) is 0.300. The number of nitrogens with two attached hydrogens (primary N) is 1. The highest BCUT2D eigenvalue weighted by Gasteiger charge is 1.96. The van der Waals surface area contributed by atoms with Crippen LogP contribution in [0, 0.1) is 10.8 Å². The molecule has 6 heteroatoms. The monoisotopic (exact) mass is 249 g/mol. The predicted octanol–water partition coefficient (Wildman–Crippen LogP) is 1.79. The second kappa shape index (κ2) is 29.2. The van der Waals surface area contributed by atoms with Gasteiger partial charge in [-0.2, -0.15) is 0 Å². The van der Waals surface area contributed by atoms with Crippen molar-refractivity contribution in [3.8, 4) is 0 Å². The maximum Gasteiger partial charge on any atom is 0.197 e. The van der Waals surface area contributed by atoms with Gasteiger partial charge in [0.05, 0.1) is 0 Å². The fourth-order valence-electron chi connectivity index (χ4n) is 0.239. The Morgan fingerprint density at radius 3 is 1.31 bits per heavy atom. The zero-order chi connectivity index (χ0) is 13.4. The van der Waals surface area contributed by atoms with Gasteiger partial charge >= 0.3 is 0 Å². The Hall–Kier alpha value is -1.75. The third kappa shape index (κ3) is 39.7. The topological polar surface area (TPSA) is 89.0 Å². The van der Waals surface area contributed by atoms with Crippen LogP contribution in [0.5, 0.6) is 0 Å². The predicted molar refractivity (Wildman–Crippen MR) is 77.5 cm³/mol. The van der Waals surface area contributed by atoms with Crippen LogP contribution in [0.1, 0.15) is 0 Å². The van der Waals surface area contributed by atoms with E-state index in [1.165, 1.54) is 4.90 Å². The number of rotatable bonds is 0. The number of hydrogen-bond donors (Lipinski definition) is 4. The molecule has 0 spiro atoms. The summed E-state index contributed by atoms with van der Waals surface area (Å²) in [7, 11) is 3.39. The molecule has 0 atom stereocenters. The molecule has 0 unspecified atom stereocenters. The van der Waals surface area contributed by atoms with Crippen molar-refractivity contribution >= 4 is 24.3 Å². The summed E-state index contributed by atoms with van der Waals surface area (Å²) in [6, 6.07) is 0. The summed E-state index contributed by atoms with van der Waals surface area (Å²) in [4.78, 5) is 1.52. The van der Waals surface area contributed by atoms with E-state index in [2.05, 4.69) is 44.8 Å². The first kappa shape index (κ1) is 29.2. The Morgan fingerprint density at radius 2 is 1.25 bits per heavy atom. The SMILES string of the molecule is C=C.C=C.C=C.CN(C)C(=N)NC(=N)N.Cl. The van der Waals surface area contributed by atoms with Crippen molar-refractivity contribution < 1.29 is 0 Å². The third-order valence-electron chi connectivity index (χ3n) is 0.700. The summed E-state index contributed by atoms with van der Waals surface area (Å²) in [5.41, 5.74) is 4.94. The van der Waals surface area contributed by atoms with Gasteiger partial charge < -0.3 is 10.6 Å². The van der Waals surface area contributed by atoms with Gasteiger partial charge in [-0.25, -0.2) is 0 Å². The lowest BCUT2D eigenvalue weighted by Crippen LogP contribution is -2.42. The molecule has 0 aromatic carbocycles. The molecular formula is C10H24ClN5. The van der Waals surface area contributed by atoms with Crippen LogP contribution in [-0.4, -0.2) is 30.9 Å². The van der Waals surface area contributed by atoms with E-state index in [-0.39, 0.29) is 24.3 Å². The van der Waals surface area contributed by atoms with Crippen molar-refractivity contribution in [2.24, 2.45) is 5.73 Å². The molecule has 0 aromatic heterocycles. The van der Waals surface area contributed by atoms with Crippen molar-refractivity contribution in [2.45, 2.75) is 0 Å². The van der Waals surface area contributed by atoms with Gasteiger partial charge in [0.25, 0.3) is 0 Å². The van der Waals surface area contributed by atoms with Crippen molar-refractivity contribution in [1.29, 1.82) is 10.8 Å². The lowest BCUT2D eigenvalue weighted by Gasteiger charge is -2.13. The smallest absolute Gasteiger partial charge is 0.197 e. The van der Waals surface area contributed by atoms with Crippen LogP contribution < -0.4 is 11.1 Å². The van der Waals surface area contributed by atoms with Gasteiger partial charge in [0.1, 0.15) is 0 Å². The number of nitrogens with one attached hydrogen (secondary N) is 3. The molecule has 0 saturated heterocycles. The minimum atomic E-state index is -0.214. The highest BCUT2D eigenvalue weighted by molar-refractivity contribution is 5.94. The Kier molecular flexibility index (Phi) is 53.4. The molecule has 0 bridgehead atoms. The summed E-state index contributed by atoms with van der Waals surface area (Å²) < 4.78 is 0. The summed E-state index contributed by atoms with van der Waals surface area (Å²) in [6.07, 6.45) is 0. The Labute approximate surface area is 105 Å². The Bertz CT molecular complexity index is 166. The van der Waals surface area contributed by atoms with E-state index in [1.807, 2.05) is 0 Å². The first-order valence-electron chi connectivity index (χ1n) is 3.91. The number of nitrogens with zero attached hydrogens (tertiary/aromatic N) is 1. The molecule has 96 valence electrons. The van der Waals surface area contributed by atoms with Gasteiger partial charge in [0, 0.05) is 14.1 Å². The fraction of sp³-hybridized carbons (Fsp3) is 0.200. The number of guanidine groups is 2. The van der Waals surface area contributed by atoms with Gasteiger partial charge in [-0.05, 0) is 0 Å². The number of halogens is 1. The van der Waals surface area contributed by atoms with Gasteiger partial charge in [-0.3, -0.25) is 16.1 Å². The minimum Gasteiger partial charge on any atom is -0.370 e. The van der Waals surface area contributed by atoms with Gasteiger partial charge in [-0.1, -0.05) is 0 Å². The second-order valence-electron chi connectivity index (χ2n) is 1.78. The average Bonchev–Trinajstić information content (AvgIpc) is 2.25. The maximum absolute atomic E-state index is 7.07. The Balaban J connectivity index is -0.0000000498. The summed E-state index contributed by atoms with van der Waals surface area (Å²) in [5, 5.41) is 16.1. The van der Waals surface area contributed by atoms with E-state index in [1.54, 1.807) is 14.1 Å². The van der Waals surface area contributed by atoms with E-state index >= 15 is 0 Å². The van der Waals surface area contributed by atoms with Crippen LogP contribution in [-0.2, 0) is 0 Å².